The van der Waals surface area contributed by atoms with E-state index in [2.05, 4.69) is 18.0 Å². The third kappa shape index (κ3) is 5.31. The summed E-state index contributed by atoms with van der Waals surface area (Å²) in [5, 5.41) is 2.06. The third-order valence-electron chi connectivity index (χ3n) is 5.85. The van der Waals surface area contributed by atoms with E-state index in [1.54, 1.807) is 48.8 Å². The number of nitrogens with zero attached hydrogens (tertiary/aromatic N) is 2. The second-order valence-electron chi connectivity index (χ2n) is 7.98. The minimum Gasteiger partial charge on any atom is -0.497 e. The Morgan fingerprint density at radius 3 is 2.71 bits per heavy atom. The largest absolute Gasteiger partial charge is 0.497 e. The van der Waals surface area contributed by atoms with Crippen molar-refractivity contribution in [1.82, 2.24) is 9.80 Å². The van der Waals surface area contributed by atoms with Crippen LogP contribution in [-0.4, -0.2) is 55.0 Å². The summed E-state index contributed by atoms with van der Waals surface area (Å²) in [6.07, 6.45) is 2.43. The minimum atomic E-state index is -0.238. The van der Waals surface area contributed by atoms with E-state index >= 15 is 0 Å². The lowest BCUT2D eigenvalue weighted by atomic mass is 10.0. The molecule has 176 valence electrons. The molecule has 0 bridgehead atoms. The summed E-state index contributed by atoms with van der Waals surface area (Å²) in [7, 11) is 1.56. The molecule has 1 aliphatic heterocycles. The SMILES string of the molecule is C=CCN(CC(=O)N1CCc2sccc2C1COc1ccccc1)C(=O)c1cccc(OC)c1. The molecule has 6 nitrogen and oxygen atoms in total. The first-order valence-corrected chi connectivity index (χ1v) is 12.1. The molecule has 0 fully saturated rings. The Morgan fingerprint density at radius 1 is 1.15 bits per heavy atom. The van der Waals surface area contributed by atoms with Gasteiger partial charge in [-0.15, -0.1) is 17.9 Å². The third-order valence-corrected chi connectivity index (χ3v) is 6.84. The summed E-state index contributed by atoms with van der Waals surface area (Å²) in [5.41, 5.74) is 1.59. The summed E-state index contributed by atoms with van der Waals surface area (Å²) in [6, 6.07) is 18.4. The number of hydrogen-bond donors (Lipinski definition) is 0. The lowest BCUT2D eigenvalue weighted by molar-refractivity contribution is -0.135. The fourth-order valence-corrected chi connectivity index (χ4v) is 5.06. The topological polar surface area (TPSA) is 59.1 Å². The highest BCUT2D eigenvalue weighted by molar-refractivity contribution is 7.10. The Balaban J connectivity index is 1.52. The molecule has 0 radical (unpaired) electrons. The Morgan fingerprint density at radius 2 is 1.94 bits per heavy atom. The number of hydrogen-bond acceptors (Lipinski definition) is 5. The van der Waals surface area contributed by atoms with Crippen LogP contribution in [0.25, 0.3) is 0 Å². The summed E-state index contributed by atoms with van der Waals surface area (Å²) < 4.78 is 11.3. The summed E-state index contributed by atoms with van der Waals surface area (Å²) in [6.45, 7) is 4.94. The molecule has 3 aromatic rings. The minimum absolute atomic E-state index is 0.0383. The van der Waals surface area contributed by atoms with Gasteiger partial charge >= 0.3 is 0 Å². The molecular formula is C27H28N2O4S. The standard InChI is InChI=1S/C27H28N2O4S/c1-3-14-28(27(31)20-8-7-11-22(17-20)32-2)18-26(30)29-15-12-25-23(13-16-34-25)24(29)19-33-21-9-5-4-6-10-21/h3-11,13,16-17,24H,1,12,14-15,18-19H2,2H3. The highest BCUT2D eigenvalue weighted by Crippen LogP contribution is 2.34. The van der Waals surface area contributed by atoms with Crippen LogP contribution in [0.1, 0.15) is 26.8 Å². The van der Waals surface area contributed by atoms with Crippen LogP contribution < -0.4 is 9.47 Å². The fourth-order valence-electron chi connectivity index (χ4n) is 4.13. The first-order valence-electron chi connectivity index (χ1n) is 11.2. The van der Waals surface area contributed by atoms with Gasteiger partial charge in [0.25, 0.3) is 5.91 Å². The van der Waals surface area contributed by atoms with Gasteiger partial charge in [0.05, 0.1) is 13.2 Å². The Bertz CT molecular complexity index is 1140. The van der Waals surface area contributed by atoms with Gasteiger partial charge in [-0.2, -0.15) is 0 Å². The molecule has 4 rings (SSSR count). The summed E-state index contributed by atoms with van der Waals surface area (Å²) in [4.78, 5) is 31.4. The van der Waals surface area contributed by atoms with Crippen molar-refractivity contribution in [3.05, 3.63) is 94.7 Å². The van der Waals surface area contributed by atoms with Crippen LogP contribution in [0.4, 0.5) is 0 Å². The van der Waals surface area contributed by atoms with Crippen molar-refractivity contribution in [2.75, 3.05) is 33.4 Å². The number of fused-ring (bicyclic) bond motifs is 1. The van der Waals surface area contributed by atoms with Crippen molar-refractivity contribution in [2.24, 2.45) is 0 Å². The van der Waals surface area contributed by atoms with Crippen molar-refractivity contribution >= 4 is 23.2 Å². The monoisotopic (exact) mass is 476 g/mol. The lowest BCUT2D eigenvalue weighted by Gasteiger charge is -2.37. The molecule has 0 saturated heterocycles. The number of para-hydroxylation sites is 1. The van der Waals surface area contributed by atoms with E-state index in [0.29, 0.717) is 24.5 Å². The van der Waals surface area contributed by atoms with E-state index in [4.69, 9.17) is 9.47 Å². The molecule has 1 aromatic heterocycles. The highest BCUT2D eigenvalue weighted by Gasteiger charge is 2.33. The number of thiophene rings is 1. The van der Waals surface area contributed by atoms with Gasteiger partial charge in [0.1, 0.15) is 24.7 Å². The molecule has 7 heteroatoms. The second-order valence-corrected chi connectivity index (χ2v) is 8.98. The quantitative estimate of drug-likeness (QED) is 0.424. The van der Waals surface area contributed by atoms with Crippen LogP contribution in [0, 0.1) is 0 Å². The zero-order valence-corrected chi connectivity index (χ0v) is 20.0. The molecular weight excluding hydrogens is 448 g/mol. The molecule has 1 unspecified atom stereocenters. The molecule has 1 atom stereocenters. The van der Waals surface area contributed by atoms with Crippen LogP contribution >= 0.6 is 11.3 Å². The van der Waals surface area contributed by atoms with Crippen molar-refractivity contribution in [1.29, 1.82) is 0 Å². The Kier molecular flexibility index (Phi) is 7.65. The molecule has 0 spiro atoms. The van der Waals surface area contributed by atoms with Gasteiger partial charge in [-0.1, -0.05) is 30.3 Å². The van der Waals surface area contributed by atoms with Crippen molar-refractivity contribution in [3.8, 4) is 11.5 Å². The van der Waals surface area contributed by atoms with Crippen molar-refractivity contribution in [2.45, 2.75) is 12.5 Å². The van der Waals surface area contributed by atoms with Gasteiger partial charge in [0.2, 0.25) is 5.91 Å². The van der Waals surface area contributed by atoms with E-state index < -0.39 is 0 Å². The molecule has 2 amide bonds. The zero-order valence-electron chi connectivity index (χ0n) is 19.2. The van der Waals surface area contributed by atoms with E-state index in [1.807, 2.05) is 35.2 Å². The van der Waals surface area contributed by atoms with E-state index in [1.165, 1.54) is 9.78 Å². The maximum Gasteiger partial charge on any atom is 0.254 e. The number of ether oxygens (including phenoxy) is 2. The molecule has 0 saturated carbocycles. The molecule has 34 heavy (non-hydrogen) atoms. The van der Waals surface area contributed by atoms with E-state index in [-0.39, 0.29) is 30.9 Å². The van der Waals surface area contributed by atoms with Gasteiger partial charge in [-0.3, -0.25) is 9.59 Å². The molecule has 2 heterocycles. The highest BCUT2D eigenvalue weighted by atomic mass is 32.1. The first kappa shape index (κ1) is 23.6. The molecule has 2 aromatic carbocycles. The Hall–Kier alpha value is -3.58. The van der Waals surface area contributed by atoms with E-state index in [9.17, 15) is 9.59 Å². The number of rotatable bonds is 9. The average Bonchev–Trinajstić information content (AvgIpc) is 3.36. The van der Waals surface area contributed by atoms with Crippen molar-refractivity contribution in [3.63, 3.8) is 0 Å². The van der Waals surface area contributed by atoms with Crippen LogP contribution in [0.3, 0.4) is 0 Å². The number of methoxy groups -OCH3 is 1. The summed E-state index contributed by atoms with van der Waals surface area (Å²) >= 11 is 1.71. The van der Waals surface area contributed by atoms with Gasteiger partial charge < -0.3 is 19.3 Å². The van der Waals surface area contributed by atoms with Gasteiger partial charge in [-0.05, 0) is 53.8 Å². The van der Waals surface area contributed by atoms with Gasteiger partial charge in [0, 0.05) is 23.5 Å². The average molecular weight is 477 g/mol. The number of carbonyl (C=O) groups is 2. The van der Waals surface area contributed by atoms with Crippen LogP contribution in [0.5, 0.6) is 11.5 Å². The van der Waals surface area contributed by atoms with E-state index in [0.717, 1.165) is 17.7 Å². The first-order chi connectivity index (χ1) is 16.6. The second kappa shape index (κ2) is 11.0. The lowest BCUT2D eigenvalue weighted by Crippen LogP contribution is -2.47. The van der Waals surface area contributed by atoms with Crippen LogP contribution in [0.15, 0.2) is 78.7 Å². The molecule has 0 aliphatic carbocycles. The zero-order chi connectivity index (χ0) is 23.9. The number of benzene rings is 2. The maximum absolute atomic E-state index is 13.5. The van der Waals surface area contributed by atoms with Crippen molar-refractivity contribution < 1.29 is 19.1 Å². The van der Waals surface area contributed by atoms with Gasteiger partial charge in [0.15, 0.2) is 0 Å². The smallest absolute Gasteiger partial charge is 0.254 e. The fraction of sp³-hybridized carbons (Fsp3) is 0.259. The summed E-state index contributed by atoms with van der Waals surface area (Å²) in [5.74, 6) is 1.00. The normalized spacial score (nSPS) is 14.7. The predicted octanol–water partition coefficient (Wildman–Crippen LogP) is 4.59. The molecule has 0 N–H and O–H groups in total. The number of amides is 2. The maximum atomic E-state index is 13.5. The van der Waals surface area contributed by atoms with Crippen LogP contribution in [0.2, 0.25) is 0 Å². The van der Waals surface area contributed by atoms with Crippen LogP contribution in [-0.2, 0) is 11.2 Å². The van der Waals surface area contributed by atoms with Gasteiger partial charge in [-0.25, -0.2) is 0 Å². The molecule has 1 aliphatic rings. The predicted molar refractivity (Wildman–Crippen MR) is 134 cm³/mol. The number of carbonyl (C=O) groups excluding carboxylic acids is 2. The Labute approximate surface area is 204 Å².